The highest BCUT2D eigenvalue weighted by molar-refractivity contribution is 7.66. The second-order valence-corrected chi connectivity index (χ2v) is 28.9. The fourth-order valence-corrected chi connectivity index (χ4v) is 15.3. The maximum atomic E-state index is 14.4. The van der Waals surface area contributed by atoms with E-state index in [-0.39, 0.29) is 141 Å². The third kappa shape index (κ3) is 18.2. The van der Waals surface area contributed by atoms with Gasteiger partial charge in [0.05, 0.1) is 29.6 Å². The van der Waals surface area contributed by atoms with Gasteiger partial charge in [0.25, 0.3) is 11.8 Å². The standard InChI is InChI=1S/C72H62N11O23P3/c73-42-15-21-48-55(33-42)101-56-34-43(74)16-22-49(56)63(48)47-20-14-41(32-53(47)72(92)93)69(88)81-54(30-39-11-9-38(10-12-39)6-4-29-77-68(87)40-13-19-46(52(31-40)71(90)91)64-50-23-17-44(84)35-57(50)102-58-36-45(85)18-24-51(58)64)70(89)78-27-3-1-2-8-60(86)76-28-5-7-59-82-65-66(75)79-37-80-67(65)83(59)61-25-26-62(103-61)104-108(97,98)106-109(99,100)105-107(94,95)96/h9-24,31-37,54,61-62,73,84H,1-3,8,25-30,74H2,(H,76,86)(H,77,87)(H,78,89)(H,81,88)(H,90,91)(H,92,93)(H,97,98)(H,99,100)(H2,75,79,80)(H2,94,95,96)/t54?,61-,62-/m1/s1. The van der Waals surface area contributed by atoms with Gasteiger partial charge in [-0.2, -0.15) is 8.62 Å². The summed E-state index contributed by atoms with van der Waals surface area (Å²) in [6, 6.07) is 31.5. The van der Waals surface area contributed by atoms with E-state index in [1.807, 2.05) is 0 Å². The van der Waals surface area contributed by atoms with Gasteiger partial charge in [-0.1, -0.05) is 48.4 Å². The first-order valence-electron chi connectivity index (χ1n) is 32.9. The molecule has 2 aromatic heterocycles. The van der Waals surface area contributed by atoms with E-state index in [1.54, 1.807) is 54.6 Å². The van der Waals surface area contributed by atoms with Gasteiger partial charge in [0.15, 0.2) is 34.5 Å². The third-order valence-corrected chi connectivity index (χ3v) is 20.8. The number of carboxylic acids is 2. The van der Waals surface area contributed by atoms with Gasteiger partial charge in [0, 0.05) is 105 Å². The monoisotopic (exact) mass is 1540 g/mol. The maximum Gasteiger partial charge on any atom is 0.490 e. The van der Waals surface area contributed by atoms with E-state index in [0.717, 1.165) is 6.33 Å². The highest BCUT2D eigenvalue weighted by atomic mass is 31.3. The Balaban J connectivity index is 0.692. The van der Waals surface area contributed by atoms with Crippen LogP contribution in [0.3, 0.4) is 0 Å². The van der Waals surface area contributed by atoms with Gasteiger partial charge in [-0.25, -0.2) is 38.2 Å². The SMILES string of the molecule is N=c1ccc2c(-c3ccc(C(=O)NC(Cc4ccc(C#CCNC(=O)c5ccc(-c6c7ccc(=O)cc-7oc7cc(O)ccc67)c(C(=O)O)c5)cc4)C(=O)NCCCCCC(=O)NCC#Cc4nc5c(N)ncnc5n4[C@H]4CC[C@@H](OP(=O)(O)OP(=O)(O)OP(=O)(O)O)O4)cc3C(=O)O)c3ccc(N)cc3oc-2c1. The summed E-state index contributed by atoms with van der Waals surface area (Å²) in [5.41, 5.74) is 15.5. The molecule has 5 aliphatic rings. The molecule has 0 bridgehead atoms. The number of aromatic hydroxyl groups is 1. The predicted molar refractivity (Wildman–Crippen MR) is 388 cm³/mol. The van der Waals surface area contributed by atoms with Crippen molar-refractivity contribution in [2.24, 2.45) is 0 Å². The van der Waals surface area contributed by atoms with Crippen LogP contribution in [0.5, 0.6) is 5.75 Å². The van der Waals surface area contributed by atoms with Crippen LogP contribution in [-0.2, 0) is 47.6 Å². The number of carbonyl (C=O) groups excluding carboxylic acids is 4. The number of aromatic nitrogens is 4. The summed E-state index contributed by atoms with van der Waals surface area (Å²) in [7, 11) is -17.0. The minimum absolute atomic E-state index is 0.00550. The Hall–Kier alpha value is -12.3. The number of hydrogen-bond donors (Lipinski definition) is 14. The number of aromatic carboxylic acids is 2. The molecule has 3 unspecified atom stereocenters. The van der Waals surface area contributed by atoms with E-state index in [1.165, 1.54) is 83.4 Å². The molecule has 0 radical (unpaired) electrons. The van der Waals surface area contributed by atoms with Crippen LogP contribution >= 0.6 is 23.5 Å². The molecular formula is C72H62N11O23P3. The first-order chi connectivity index (χ1) is 51.9. The first-order valence-corrected chi connectivity index (χ1v) is 37.4. The van der Waals surface area contributed by atoms with E-state index in [2.05, 4.69) is 68.5 Å². The minimum Gasteiger partial charge on any atom is -0.508 e. The first kappa shape index (κ1) is 76.4. The molecule has 0 spiro atoms. The van der Waals surface area contributed by atoms with E-state index in [9.17, 15) is 72.4 Å². The molecule has 34 nitrogen and oxygen atoms in total. The molecule has 3 aliphatic heterocycles. The van der Waals surface area contributed by atoms with E-state index in [4.69, 9.17) is 44.8 Å². The van der Waals surface area contributed by atoms with Gasteiger partial charge >= 0.3 is 35.4 Å². The van der Waals surface area contributed by atoms with E-state index < -0.39 is 71.7 Å². The Morgan fingerprint density at radius 1 is 0.661 bits per heavy atom. The molecule has 1 fully saturated rings. The molecule has 0 saturated carbocycles. The average molecular weight is 1540 g/mol. The molecule has 16 N–H and O–H groups in total. The molecule has 5 aromatic carbocycles. The number of nitrogens with two attached hydrogens (primary N) is 2. The number of ether oxygens (including phenoxy) is 1. The quantitative estimate of drug-likeness (QED) is 0.00849. The van der Waals surface area contributed by atoms with Crippen molar-refractivity contribution >= 4 is 104 Å². The summed E-state index contributed by atoms with van der Waals surface area (Å²) in [6.07, 6.45) is -0.501. The van der Waals surface area contributed by atoms with Crippen molar-refractivity contribution in [1.82, 2.24) is 40.8 Å². The van der Waals surface area contributed by atoms with Crippen LogP contribution < -0.4 is 43.5 Å². The average Bonchev–Trinajstić information content (AvgIpc) is 1.50. The lowest BCUT2D eigenvalue weighted by Crippen LogP contribution is -2.48. The molecule has 4 amide bonds. The summed E-state index contributed by atoms with van der Waals surface area (Å²) in [6.45, 7) is -0.253. The number of nitrogen functional groups attached to an aromatic ring is 2. The zero-order chi connectivity index (χ0) is 77.6. The molecule has 5 heterocycles. The van der Waals surface area contributed by atoms with Gasteiger partial charge in [-0.05, 0) is 127 Å². The minimum atomic E-state index is -5.82. The summed E-state index contributed by atoms with van der Waals surface area (Å²) < 4.78 is 67.0. The number of phosphoric ester groups is 1. The lowest BCUT2D eigenvalue weighted by molar-refractivity contribution is -0.123. The molecule has 558 valence electrons. The lowest BCUT2D eigenvalue weighted by atomic mass is 9.89. The number of carboxylic acid groups (broad SMARTS) is 2. The van der Waals surface area contributed by atoms with Crippen LogP contribution in [0.15, 0.2) is 153 Å². The van der Waals surface area contributed by atoms with Gasteiger partial charge in [0.2, 0.25) is 11.8 Å². The Bertz CT molecular complexity index is 5860. The number of benzene rings is 7. The van der Waals surface area contributed by atoms with Crippen LogP contribution in [0, 0.1) is 29.1 Å². The maximum absolute atomic E-state index is 14.4. The smallest absolute Gasteiger partial charge is 0.490 e. The highest BCUT2D eigenvalue weighted by Gasteiger charge is 2.44. The van der Waals surface area contributed by atoms with Gasteiger partial charge < -0.3 is 86.6 Å². The van der Waals surface area contributed by atoms with Crippen LogP contribution in [0.1, 0.15) is 103 Å². The van der Waals surface area contributed by atoms with Crippen LogP contribution in [0.2, 0.25) is 0 Å². The van der Waals surface area contributed by atoms with Crippen molar-refractivity contribution in [3.63, 3.8) is 0 Å². The number of phosphoric acid groups is 3. The van der Waals surface area contributed by atoms with Crippen molar-refractivity contribution in [2.75, 3.05) is 31.1 Å². The normalized spacial score (nSPS) is 14.9. The van der Waals surface area contributed by atoms with Crippen molar-refractivity contribution in [2.45, 2.75) is 63.5 Å². The summed E-state index contributed by atoms with van der Waals surface area (Å²) in [5.74, 6) is 6.51. The number of carbonyl (C=O) groups is 6. The molecule has 2 aliphatic carbocycles. The van der Waals surface area contributed by atoms with Crippen molar-refractivity contribution in [1.29, 1.82) is 5.41 Å². The van der Waals surface area contributed by atoms with Gasteiger partial charge in [0.1, 0.15) is 47.0 Å². The van der Waals surface area contributed by atoms with Crippen molar-refractivity contribution < 1.29 is 104 Å². The Labute approximate surface area is 614 Å². The number of unbranched alkanes of at least 4 members (excludes halogenated alkanes) is 2. The number of phenolic OH excluding ortho intramolecular Hbond substituents is 1. The number of anilines is 2. The number of fused-ring (bicyclic) bond motifs is 5. The summed E-state index contributed by atoms with van der Waals surface area (Å²) >= 11 is 0. The largest absolute Gasteiger partial charge is 0.508 e. The number of nitrogens with zero attached hydrogens (tertiary/aromatic N) is 4. The molecule has 1 saturated heterocycles. The van der Waals surface area contributed by atoms with Gasteiger partial charge in [-0.3, -0.25) is 33.1 Å². The fraction of sp³-hybridized carbons (Fsp3) is 0.181. The number of phenols is 1. The molecular weight excluding hydrogens is 1480 g/mol. The van der Waals surface area contributed by atoms with Crippen LogP contribution in [0.4, 0.5) is 11.5 Å². The molecule has 109 heavy (non-hydrogen) atoms. The van der Waals surface area contributed by atoms with E-state index >= 15 is 0 Å². The number of imidazole rings is 1. The Morgan fingerprint density at radius 3 is 1.98 bits per heavy atom. The van der Waals surface area contributed by atoms with Crippen molar-refractivity contribution in [3.8, 4) is 74.3 Å². The zero-order valence-corrected chi connectivity index (χ0v) is 59.2. The predicted octanol–water partition coefficient (Wildman–Crippen LogP) is 7.91. The number of amides is 4. The summed E-state index contributed by atoms with van der Waals surface area (Å²) in [5, 5.41) is 51.7. The Morgan fingerprint density at radius 2 is 1.29 bits per heavy atom. The second kappa shape index (κ2) is 32.1. The van der Waals surface area contributed by atoms with Gasteiger partial charge in [-0.15, -0.1) is 0 Å². The zero-order valence-electron chi connectivity index (χ0n) is 56.5. The summed E-state index contributed by atoms with van der Waals surface area (Å²) in [4.78, 5) is 143. The third-order valence-electron chi connectivity index (χ3n) is 16.9. The molecule has 7 aromatic rings. The number of nitrogens with one attached hydrogen (secondary N) is 5. The molecule has 5 atom stereocenters. The molecule has 37 heteroatoms. The molecule has 12 rings (SSSR count). The second-order valence-electron chi connectivity index (χ2n) is 24.5. The van der Waals surface area contributed by atoms with Crippen LogP contribution in [0.25, 0.3) is 78.0 Å². The number of hydrogen-bond acceptors (Lipinski definition) is 23. The topological polar surface area (TPSA) is 543 Å². The lowest BCUT2D eigenvalue weighted by Gasteiger charge is -2.20. The van der Waals surface area contributed by atoms with Crippen molar-refractivity contribution in [3.05, 3.63) is 195 Å². The number of rotatable bonds is 25. The van der Waals surface area contributed by atoms with E-state index in [0.29, 0.717) is 74.7 Å². The fourth-order valence-electron chi connectivity index (χ4n) is 12.2. The highest BCUT2D eigenvalue weighted by Crippen LogP contribution is 2.67. The van der Waals surface area contributed by atoms with Crippen LogP contribution in [-0.4, -0.2) is 122 Å². The Kier molecular flexibility index (Phi) is 22.5.